The van der Waals surface area contributed by atoms with Crippen LogP contribution in [0.5, 0.6) is 0 Å². The molecule has 90 valence electrons. The zero-order valence-electron chi connectivity index (χ0n) is 10.5. The minimum Gasteiger partial charge on any atom is -0.260 e. The van der Waals surface area contributed by atoms with Crippen LogP contribution in [-0.4, -0.2) is 9.81 Å². The van der Waals surface area contributed by atoms with Crippen molar-refractivity contribution in [1.82, 2.24) is 4.98 Å². The molecular weight excluding hydrogens is 274 g/mol. The van der Waals surface area contributed by atoms with Crippen molar-refractivity contribution in [3.8, 4) is 0 Å². The molecule has 2 rings (SSSR count). The number of nitrogens with zero attached hydrogens (tertiary/aromatic N) is 1. The van der Waals surface area contributed by atoms with E-state index in [1.165, 1.54) is 16.5 Å². The van der Waals surface area contributed by atoms with Crippen molar-refractivity contribution in [1.29, 1.82) is 0 Å². The van der Waals surface area contributed by atoms with Gasteiger partial charge in [-0.15, -0.1) is 0 Å². The first-order valence-electron chi connectivity index (χ1n) is 6.09. The van der Waals surface area contributed by atoms with Crippen LogP contribution in [0.15, 0.2) is 36.5 Å². The Labute approximate surface area is 111 Å². The van der Waals surface area contributed by atoms with Gasteiger partial charge >= 0.3 is 0 Å². The lowest BCUT2D eigenvalue weighted by Gasteiger charge is -2.24. The highest BCUT2D eigenvalue weighted by molar-refractivity contribution is 9.09. The molecule has 1 aromatic heterocycles. The fourth-order valence-electron chi connectivity index (χ4n) is 2.47. The van der Waals surface area contributed by atoms with Gasteiger partial charge in [0.05, 0.1) is 5.69 Å². The Bertz CT molecular complexity index is 492. The molecule has 1 heterocycles. The van der Waals surface area contributed by atoms with Gasteiger partial charge in [-0.3, -0.25) is 4.98 Å². The molecule has 2 unspecified atom stereocenters. The number of halogens is 1. The summed E-state index contributed by atoms with van der Waals surface area (Å²) in [5, 5.41) is 2.55. The molecular formula is C15H18BrN. The zero-order chi connectivity index (χ0) is 12.4. The maximum absolute atomic E-state index is 4.62. The molecule has 2 aromatic rings. The van der Waals surface area contributed by atoms with E-state index in [-0.39, 0.29) is 0 Å². The average Bonchev–Trinajstić information content (AvgIpc) is 2.28. The van der Waals surface area contributed by atoms with E-state index in [9.17, 15) is 0 Å². The van der Waals surface area contributed by atoms with Crippen LogP contribution in [0.25, 0.3) is 10.8 Å². The first-order chi connectivity index (χ1) is 8.11. The predicted octanol–water partition coefficient (Wildman–Crippen LogP) is 4.76. The Kier molecular flexibility index (Phi) is 3.82. The highest BCUT2D eigenvalue weighted by atomic mass is 79.9. The van der Waals surface area contributed by atoms with Crippen LogP contribution in [0.2, 0.25) is 0 Å². The lowest BCUT2D eigenvalue weighted by molar-refractivity contribution is 0.491. The topological polar surface area (TPSA) is 12.9 Å². The summed E-state index contributed by atoms with van der Waals surface area (Å²) in [7, 11) is 0. The Morgan fingerprint density at radius 3 is 2.41 bits per heavy atom. The lowest BCUT2D eigenvalue weighted by atomic mass is 9.87. The molecule has 0 aliphatic carbocycles. The number of fused-ring (bicyclic) bond motifs is 1. The van der Waals surface area contributed by atoms with Gasteiger partial charge in [-0.1, -0.05) is 61.0 Å². The molecule has 0 amide bonds. The van der Waals surface area contributed by atoms with Crippen LogP contribution in [0.3, 0.4) is 0 Å². The van der Waals surface area contributed by atoms with Gasteiger partial charge in [-0.2, -0.15) is 0 Å². The third-order valence-electron chi connectivity index (χ3n) is 3.23. The van der Waals surface area contributed by atoms with Crippen molar-refractivity contribution in [3.05, 3.63) is 42.2 Å². The van der Waals surface area contributed by atoms with Crippen LogP contribution in [0.4, 0.5) is 0 Å². The van der Waals surface area contributed by atoms with E-state index in [0.717, 1.165) is 0 Å². The van der Waals surface area contributed by atoms with E-state index in [0.29, 0.717) is 16.7 Å². The molecule has 0 saturated carbocycles. The molecule has 1 aromatic carbocycles. The second-order valence-corrected chi connectivity index (χ2v) is 6.31. The van der Waals surface area contributed by atoms with Crippen LogP contribution >= 0.6 is 15.9 Å². The number of benzene rings is 1. The number of pyridine rings is 1. The van der Waals surface area contributed by atoms with Gasteiger partial charge in [0.25, 0.3) is 0 Å². The summed E-state index contributed by atoms with van der Waals surface area (Å²) in [6, 6.07) is 10.6. The second kappa shape index (κ2) is 5.18. The van der Waals surface area contributed by atoms with E-state index in [1.54, 1.807) is 0 Å². The summed E-state index contributed by atoms with van der Waals surface area (Å²) in [5.41, 5.74) is 1.21. The molecule has 0 N–H and O–H groups in total. The van der Waals surface area contributed by atoms with E-state index >= 15 is 0 Å². The van der Waals surface area contributed by atoms with E-state index in [4.69, 9.17) is 0 Å². The monoisotopic (exact) mass is 291 g/mol. The largest absolute Gasteiger partial charge is 0.260 e. The summed E-state index contributed by atoms with van der Waals surface area (Å²) >= 11 is 3.72. The molecule has 0 bridgehead atoms. The van der Waals surface area contributed by atoms with Crippen molar-refractivity contribution in [3.63, 3.8) is 0 Å². The Morgan fingerprint density at radius 2 is 1.76 bits per heavy atom. The number of hydrogen-bond acceptors (Lipinski definition) is 1. The summed E-state index contributed by atoms with van der Waals surface area (Å²) in [6.45, 7) is 6.71. The Balaban J connectivity index is 2.61. The molecule has 0 aliphatic heterocycles. The molecule has 0 fully saturated rings. The van der Waals surface area contributed by atoms with Crippen LogP contribution in [0, 0.1) is 5.92 Å². The van der Waals surface area contributed by atoms with Crippen molar-refractivity contribution in [2.75, 3.05) is 0 Å². The maximum Gasteiger partial charge on any atom is 0.0526 e. The molecule has 17 heavy (non-hydrogen) atoms. The molecule has 0 radical (unpaired) electrons. The van der Waals surface area contributed by atoms with Crippen LogP contribution in [0.1, 0.15) is 32.4 Å². The average molecular weight is 292 g/mol. The molecule has 0 aliphatic rings. The van der Waals surface area contributed by atoms with Crippen LogP contribution in [-0.2, 0) is 0 Å². The lowest BCUT2D eigenvalue weighted by Crippen LogP contribution is -2.17. The van der Waals surface area contributed by atoms with Gasteiger partial charge in [0.15, 0.2) is 0 Å². The van der Waals surface area contributed by atoms with Crippen LogP contribution < -0.4 is 0 Å². The summed E-state index contributed by atoms with van der Waals surface area (Å²) < 4.78 is 0. The number of rotatable bonds is 3. The quantitative estimate of drug-likeness (QED) is 0.743. The maximum atomic E-state index is 4.62. The number of alkyl halides is 1. The fourth-order valence-corrected chi connectivity index (χ4v) is 3.33. The first kappa shape index (κ1) is 12.6. The normalized spacial score (nSPS) is 15.1. The smallest absolute Gasteiger partial charge is 0.0526 e. The SMILES string of the molecule is CC(C)C(c1nccc2ccccc12)C(C)Br. The molecule has 2 atom stereocenters. The summed E-state index contributed by atoms with van der Waals surface area (Å²) in [5.74, 6) is 1.02. The van der Waals surface area contributed by atoms with E-state index < -0.39 is 0 Å². The summed E-state index contributed by atoms with van der Waals surface area (Å²) in [4.78, 5) is 5.05. The van der Waals surface area contributed by atoms with Gasteiger partial charge in [-0.25, -0.2) is 0 Å². The van der Waals surface area contributed by atoms with Crippen molar-refractivity contribution in [2.45, 2.75) is 31.5 Å². The number of hydrogen-bond donors (Lipinski definition) is 0. The van der Waals surface area contributed by atoms with Gasteiger partial charge in [0.1, 0.15) is 0 Å². The van der Waals surface area contributed by atoms with Gasteiger partial charge in [0, 0.05) is 22.3 Å². The molecule has 2 heteroatoms. The summed E-state index contributed by atoms with van der Waals surface area (Å²) in [6.07, 6.45) is 1.92. The van der Waals surface area contributed by atoms with Gasteiger partial charge < -0.3 is 0 Å². The van der Waals surface area contributed by atoms with E-state index in [2.05, 4.69) is 72.0 Å². The zero-order valence-corrected chi connectivity index (χ0v) is 12.1. The third-order valence-corrected chi connectivity index (χ3v) is 3.80. The molecule has 1 nitrogen and oxygen atoms in total. The third kappa shape index (κ3) is 2.52. The second-order valence-electron chi connectivity index (χ2n) is 4.86. The highest BCUT2D eigenvalue weighted by Gasteiger charge is 2.23. The van der Waals surface area contributed by atoms with E-state index in [1.807, 2.05) is 6.20 Å². The first-order valence-corrected chi connectivity index (χ1v) is 7.00. The Hall–Kier alpha value is -0.890. The molecule has 0 saturated heterocycles. The minimum atomic E-state index is 0.431. The highest BCUT2D eigenvalue weighted by Crippen LogP contribution is 2.34. The minimum absolute atomic E-state index is 0.431. The predicted molar refractivity (Wildman–Crippen MR) is 77.7 cm³/mol. The van der Waals surface area contributed by atoms with Crippen molar-refractivity contribution < 1.29 is 0 Å². The van der Waals surface area contributed by atoms with Gasteiger partial charge in [-0.05, 0) is 17.4 Å². The fraction of sp³-hybridized carbons (Fsp3) is 0.400. The standard InChI is InChI=1S/C15H18BrN/c1-10(2)14(11(3)16)15-13-7-5-4-6-12(13)8-9-17-15/h4-11,14H,1-3H3. The Morgan fingerprint density at radius 1 is 1.06 bits per heavy atom. The van der Waals surface area contributed by atoms with Crippen molar-refractivity contribution in [2.24, 2.45) is 5.92 Å². The number of aromatic nitrogens is 1. The van der Waals surface area contributed by atoms with Gasteiger partial charge in [0.2, 0.25) is 0 Å². The van der Waals surface area contributed by atoms with Crippen molar-refractivity contribution >= 4 is 26.7 Å². The molecule has 0 spiro atoms.